The summed E-state index contributed by atoms with van der Waals surface area (Å²) in [7, 11) is 0. The van der Waals surface area contributed by atoms with Gasteiger partial charge in [0.05, 0.1) is 11.8 Å². The number of amides is 2. The molecule has 0 spiro atoms. The van der Waals surface area contributed by atoms with Crippen molar-refractivity contribution in [3.8, 4) is 0 Å². The van der Waals surface area contributed by atoms with Gasteiger partial charge in [-0.2, -0.15) is 0 Å². The Morgan fingerprint density at radius 2 is 1.17 bits per heavy atom. The van der Waals surface area contributed by atoms with Crippen molar-refractivity contribution in [1.29, 1.82) is 0 Å². The zero-order chi connectivity index (χ0) is 24.3. The molecule has 0 aromatic heterocycles. The highest BCUT2D eigenvalue weighted by molar-refractivity contribution is 6.09. The van der Waals surface area contributed by atoms with E-state index in [4.69, 9.17) is 4.74 Å². The second-order valence-corrected chi connectivity index (χ2v) is 9.39. The molecule has 2 amide bonds. The minimum atomic E-state index is -1.02. The Morgan fingerprint density at radius 3 is 1.63 bits per heavy atom. The first-order valence-electron chi connectivity index (χ1n) is 11.8. The van der Waals surface area contributed by atoms with Gasteiger partial charge in [0.1, 0.15) is 6.54 Å². The molecule has 1 fully saturated rings. The van der Waals surface area contributed by atoms with E-state index in [-0.39, 0.29) is 29.4 Å². The Balaban J connectivity index is 1.26. The summed E-state index contributed by atoms with van der Waals surface area (Å²) in [6.07, 6.45) is -1.02. The number of hydrogen-bond donors (Lipinski definition) is 0. The highest BCUT2D eigenvalue weighted by Crippen LogP contribution is 2.60. The van der Waals surface area contributed by atoms with E-state index in [1.54, 1.807) is 30.3 Å². The molecular weight excluding hydrogens is 442 g/mol. The lowest BCUT2D eigenvalue weighted by molar-refractivity contribution is -0.154. The van der Waals surface area contributed by atoms with Crippen molar-refractivity contribution >= 4 is 23.6 Å². The fourth-order valence-corrected chi connectivity index (χ4v) is 6.15. The van der Waals surface area contributed by atoms with Crippen LogP contribution in [0.25, 0.3) is 0 Å². The minimum absolute atomic E-state index is 0.228. The van der Waals surface area contributed by atoms with E-state index in [2.05, 4.69) is 0 Å². The number of ether oxygens (including phenoxy) is 1. The van der Waals surface area contributed by atoms with Crippen LogP contribution in [0.15, 0.2) is 78.9 Å². The highest BCUT2D eigenvalue weighted by atomic mass is 16.5. The van der Waals surface area contributed by atoms with Crippen LogP contribution in [0.4, 0.5) is 0 Å². The number of esters is 1. The van der Waals surface area contributed by atoms with Crippen molar-refractivity contribution in [1.82, 2.24) is 4.90 Å². The summed E-state index contributed by atoms with van der Waals surface area (Å²) in [6, 6.07) is 24.5. The molecule has 1 heterocycles. The summed E-state index contributed by atoms with van der Waals surface area (Å²) < 4.78 is 5.34. The van der Waals surface area contributed by atoms with Crippen LogP contribution < -0.4 is 0 Å². The average molecular weight is 466 g/mol. The molecule has 7 rings (SSSR count). The van der Waals surface area contributed by atoms with Gasteiger partial charge in [0.25, 0.3) is 0 Å². The Kier molecular flexibility index (Phi) is 4.92. The number of ketones is 1. The smallest absolute Gasteiger partial charge is 0.326 e. The van der Waals surface area contributed by atoms with Crippen LogP contribution in [-0.2, 0) is 19.1 Å². The number of rotatable bonds is 5. The Labute approximate surface area is 202 Å². The van der Waals surface area contributed by atoms with E-state index >= 15 is 0 Å². The van der Waals surface area contributed by atoms with Crippen LogP contribution >= 0.6 is 0 Å². The molecule has 0 N–H and O–H groups in total. The molecule has 3 atom stereocenters. The fraction of sp³-hybridized carbons (Fsp3) is 0.241. The average Bonchev–Trinajstić information content (AvgIpc) is 3.14. The summed E-state index contributed by atoms with van der Waals surface area (Å²) in [5.41, 5.74) is 4.73. The Bertz CT molecular complexity index is 1270. The molecule has 2 bridgehead atoms. The van der Waals surface area contributed by atoms with Gasteiger partial charge < -0.3 is 4.74 Å². The van der Waals surface area contributed by atoms with E-state index in [1.807, 2.05) is 48.5 Å². The lowest BCUT2D eigenvalue weighted by atomic mass is 9.55. The SMILES string of the molecule is CC(OC(=O)CN1C(=O)C2C3c4ccccc4C(c4ccccc43)C2C1=O)C(=O)c1ccccc1. The first kappa shape index (κ1) is 21.5. The summed E-state index contributed by atoms with van der Waals surface area (Å²) >= 11 is 0. The number of nitrogens with zero attached hydrogens (tertiary/aromatic N) is 1. The molecule has 3 aliphatic carbocycles. The first-order valence-corrected chi connectivity index (χ1v) is 11.8. The predicted molar refractivity (Wildman–Crippen MR) is 127 cm³/mol. The lowest BCUT2D eigenvalue weighted by Crippen LogP contribution is -2.41. The van der Waals surface area contributed by atoms with E-state index in [0.717, 1.165) is 27.2 Å². The molecule has 3 aromatic carbocycles. The predicted octanol–water partition coefficient (Wildman–Crippen LogP) is 3.69. The van der Waals surface area contributed by atoms with Crippen molar-refractivity contribution in [3.63, 3.8) is 0 Å². The Hall–Kier alpha value is -4.06. The van der Waals surface area contributed by atoms with Gasteiger partial charge in [0, 0.05) is 17.4 Å². The maximum atomic E-state index is 13.6. The standard InChI is InChI=1S/C29H23NO5/c1-16(27(32)17-9-3-2-4-10-17)35-22(31)15-30-28(33)25-23-18-11-5-6-12-19(18)24(26(25)29(30)34)21-14-8-7-13-20(21)23/h2-14,16,23-26H,15H2,1H3. The van der Waals surface area contributed by atoms with E-state index in [1.165, 1.54) is 6.92 Å². The number of Topliss-reactive ketones (excluding diaryl/α,β-unsaturated/α-hetero) is 1. The third-order valence-electron chi connectivity index (χ3n) is 7.56. The quantitative estimate of drug-likeness (QED) is 0.326. The maximum Gasteiger partial charge on any atom is 0.326 e. The fourth-order valence-electron chi connectivity index (χ4n) is 6.15. The summed E-state index contributed by atoms with van der Waals surface area (Å²) in [5.74, 6) is -3.36. The Morgan fingerprint density at radius 1 is 0.743 bits per heavy atom. The molecule has 174 valence electrons. The van der Waals surface area contributed by atoms with Crippen LogP contribution in [0.2, 0.25) is 0 Å². The van der Waals surface area contributed by atoms with Crippen LogP contribution in [0.5, 0.6) is 0 Å². The number of hydrogen-bond acceptors (Lipinski definition) is 5. The van der Waals surface area contributed by atoms with Crippen LogP contribution in [0.3, 0.4) is 0 Å². The third-order valence-corrected chi connectivity index (χ3v) is 7.56. The number of imide groups is 1. The third kappa shape index (κ3) is 3.16. The van der Waals surface area contributed by atoms with Crippen molar-refractivity contribution in [2.75, 3.05) is 6.54 Å². The van der Waals surface area contributed by atoms with Gasteiger partial charge in [0.2, 0.25) is 17.6 Å². The van der Waals surface area contributed by atoms with Gasteiger partial charge in [0.15, 0.2) is 6.10 Å². The molecule has 0 radical (unpaired) electrons. The molecule has 3 unspecified atom stereocenters. The summed E-state index contributed by atoms with van der Waals surface area (Å²) in [6.45, 7) is 0.997. The topological polar surface area (TPSA) is 80.8 Å². The van der Waals surface area contributed by atoms with Crippen LogP contribution in [0.1, 0.15) is 51.4 Å². The van der Waals surface area contributed by atoms with E-state index in [9.17, 15) is 19.2 Å². The normalized spacial score (nSPS) is 24.4. The molecule has 1 aliphatic heterocycles. The molecular formula is C29H23NO5. The molecule has 4 aliphatic rings. The van der Waals surface area contributed by atoms with Crippen molar-refractivity contribution in [2.45, 2.75) is 24.9 Å². The van der Waals surface area contributed by atoms with Crippen molar-refractivity contribution in [3.05, 3.63) is 107 Å². The van der Waals surface area contributed by atoms with Crippen LogP contribution in [0, 0.1) is 11.8 Å². The van der Waals surface area contributed by atoms with Gasteiger partial charge >= 0.3 is 5.97 Å². The highest BCUT2D eigenvalue weighted by Gasteiger charge is 2.61. The molecule has 35 heavy (non-hydrogen) atoms. The molecule has 0 saturated carbocycles. The number of likely N-dealkylation sites (tertiary alicyclic amines) is 1. The molecule has 3 aromatic rings. The zero-order valence-electron chi connectivity index (χ0n) is 19.1. The van der Waals surface area contributed by atoms with Gasteiger partial charge in [-0.3, -0.25) is 24.1 Å². The van der Waals surface area contributed by atoms with Gasteiger partial charge in [-0.05, 0) is 29.2 Å². The van der Waals surface area contributed by atoms with Crippen molar-refractivity contribution < 1.29 is 23.9 Å². The number of carbonyl (C=O) groups is 4. The largest absolute Gasteiger partial charge is 0.453 e. The number of carbonyl (C=O) groups excluding carboxylic acids is 4. The van der Waals surface area contributed by atoms with Crippen molar-refractivity contribution in [2.24, 2.45) is 11.8 Å². The monoisotopic (exact) mass is 465 g/mol. The second kappa shape index (κ2) is 8.01. The maximum absolute atomic E-state index is 13.6. The molecule has 1 saturated heterocycles. The zero-order valence-corrected chi connectivity index (χ0v) is 19.1. The number of benzene rings is 3. The molecule has 6 nitrogen and oxygen atoms in total. The van der Waals surface area contributed by atoms with Gasteiger partial charge in [-0.1, -0.05) is 78.9 Å². The molecule has 6 heteroatoms. The first-order chi connectivity index (χ1) is 17.0. The summed E-state index contributed by atoms with van der Waals surface area (Å²) in [5, 5.41) is 0. The summed E-state index contributed by atoms with van der Waals surface area (Å²) in [4.78, 5) is 53.5. The van der Waals surface area contributed by atoms with Gasteiger partial charge in [-0.15, -0.1) is 0 Å². The van der Waals surface area contributed by atoms with Crippen LogP contribution in [-0.4, -0.2) is 41.1 Å². The minimum Gasteiger partial charge on any atom is -0.453 e. The lowest BCUT2D eigenvalue weighted by Gasteiger charge is -2.45. The van der Waals surface area contributed by atoms with E-state index in [0.29, 0.717) is 5.56 Å². The van der Waals surface area contributed by atoms with Gasteiger partial charge in [-0.25, -0.2) is 0 Å². The van der Waals surface area contributed by atoms with E-state index < -0.39 is 30.5 Å². The second-order valence-electron chi connectivity index (χ2n) is 9.39.